The lowest BCUT2D eigenvalue weighted by molar-refractivity contribution is -0.129. The molecule has 1 aliphatic rings. The van der Waals surface area contributed by atoms with Gasteiger partial charge in [0.2, 0.25) is 5.91 Å². The van der Waals surface area contributed by atoms with Gasteiger partial charge in [-0.3, -0.25) is 9.78 Å². The van der Waals surface area contributed by atoms with Crippen LogP contribution in [0.1, 0.15) is 12.0 Å². The van der Waals surface area contributed by atoms with E-state index in [9.17, 15) is 4.79 Å². The van der Waals surface area contributed by atoms with Crippen molar-refractivity contribution in [2.45, 2.75) is 18.9 Å². The predicted octanol–water partition coefficient (Wildman–Crippen LogP) is 2.35. The first-order chi connectivity index (χ1) is 11.2. The summed E-state index contributed by atoms with van der Waals surface area (Å²) in [6.45, 7) is 1.54. The lowest BCUT2D eigenvalue weighted by atomic mass is 10.1. The first kappa shape index (κ1) is 15.3. The molecule has 1 amide bonds. The Balaban J connectivity index is 1.52. The van der Waals surface area contributed by atoms with E-state index in [1.807, 2.05) is 47.5 Å². The van der Waals surface area contributed by atoms with Gasteiger partial charge in [0.25, 0.3) is 0 Å². The maximum atomic E-state index is 12.4. The molecule has 1 aromatic carbocycles. The number of aromatic nitrogens is 1. The number of amides is 1. The number of carbonyl (C=O) groups is 1. The van der Waals surface area contributed by atoms with E-state index in [1.54, 1.807) is 13.3 Å². The Bertz CT molecular complexity index is 643. The standard InChI is InChI=1S/C18H21N3O2/c1-23-17-6-4-14(5-7-17)11-18(22)21-10-8-16(13-21)20-15-3-2-9-19-12-15/h2-7,9,12,16,20H,8,10-11,13H2,1H3. The van der Waals surface area contributed by atoms with Crippen LogP contribution in [0.3, 0.4) is 0 Å². The Morgan fingerprint density at radius 2 is 2.17 bits per heavy atom. The number of benzene rings is 1. The van der Waals surface area contributed by atoms with E-state index >= 15 is 0 Å². The molecule has 1 saturated heterocycles. The average Bonchev–Trinajstić information content (AvgIpc) is 3.05. The van der Waals surface area contributed by atoms with Crippen molar-refractivity contribution in [3.8, 4) is 5.75 Å². The van der Waals surface area contributed by atoms with Crippen LogP contribution in [0.2, 0.25) is 0 Å². The number of rotatable bonds is 5. The van der Waals surface area contributed by atoms with Crippen LogP contribution in [0.5, 0.6) is 5.75 Å². The number of nitrogens with one attached hydrogen (secondary N) is 1. The highest BCUT2D eigenvalue weighted by atomic mass is 16.5. The normalized spacial score (nSPS) is 17.1. The number of anilines is 1. The summed E-state index contributed by atoms with van der Waals surface area (Å²) in [7, 11) is 1.64. The van der Waals surface area contributed by atoms with E-state index in [1.165, 1.54) is 0 Å². The molecular formula is C18H21N3O2. The molecule has 3 rings (SSSR count). The van der Waals surface area contributed by atoms with Crippen molar-refractivity contribution in [1.29, 1.82) is 0 Å². The van der Waals surface area contributed by atoms with Gasteiger partial charge in [0.05, 0.1) is 19.2 Å². The largest absolute Gasteiger partial charge is 0.497 e. The van der Waals surface area contributed by atoms with Crippen molar-refractivity contribution in [2.75, 3.05) is 25.5 Å². The van der Waals surface area contributed by atoms with Crippen LogP contribution in [0, 0.1) is 0 Å². The lowest BCUT2D eigenvalue weighted by Gasteiger charge is -2.17. The van der Waals surface area contributed by atoms with Gasteiger partial charge in [-0.2, -0.15) is 0 Å². The summed E-state index contributed by atoms with van der Waals surface area (Å²) >= 11 is 0. The minimum absolute atomic E-state index is 0.172. The van der Waals surface area contributed by atoms with E-state index in [0.29, 0.717) is 12.5 Å². The van der Waals surface area contributed by atoms with E-state index in [4.69, 9.17) is 4.74 Å². The number of carbonyl (C=O) groups excluding carboxylic acids is 1. The summed E-state index contributed by atoms with van der Waals surface area (Å²) in [6.07, 6.45) is 4.96. The van der Waals surface area contributed by atoms with Crippen molar-refractivity contribution >= 4 is 11.6 Å². The molecular weight excluding hydrogens is 290 g/mol. The number of methoxy groups -OCH3 is 1. The molecule has 1 atom stereocenters. The maximum Gasteiger partial charge on any atom is 0.227 e. The van der Waals surface area contributed by atoms with Gasteiger partial charge in [-0.05, 0) is 36.2 Å². The van der Waals surface area contributed by atoms with E-state index in [0.717, 1.165) is 36.5 Å². The molecule has 1 fully saturated rings. The molecule has 0 saturated carbocycles. The number of hydrogen-bond acceptors (Lipinski definition) is 4. The minimum Gasteiger partial charge on any atom is -0.497 e. The van der Waals surface area contributed by atoms with Crippen molar-refractivity contribution < 1.29 is 9.53 Å². The van der Waals surface area contributed by atoms with Crippen LogP contribution in [0.15, 0.2) is 48.8 Å². The van der Waals surface area contributed by atoms with Crippen LogP contribution in [0.25, 0.3) is 0 Å². The van der Waals surface area contributed by atoms with Crippen molar-refractivity contribution in [3.63, 3.8) is 0 Å². The molecule has 5 nitrogen and oxygen atoms in total. The van der Waals surface area contributed by atoms with Gasteiger partial charge >= 0.3 is 0 Å². The second-order valence-electron chi connectivity index (χ2n) is 5.74. The molecule has 1 aliphatic heterocycles. The maximum absolute atomic E-state index is 12.4. The zero-order valence-corrected chi connectivity index (χ0v) is 13.2. The van der Waals surface area contributed by atoms with Crippen LogP contribution >= 0.6 is 0 Å². The second-order valence-corrected chi connectivity index (χ2v) is 5.74. The summed E-state index contributed by atoms with van der Waals surface area (Å²) in [5.74, 6) is 0.980. The number of hydrogen-bond donors (Lipinski definition) is 1. The first-order valence-electron chi connectivity index (χ1n) is 7.82. The third-order valence-corrected chi connectivity index (χ3v) is 4.09. The Labute approximate surface area is 136 Å². The monoisotopic (exact) mass is 311 g/mol. The van der Waals surface area contributed by atoms with Crippen molar-refractivity contribution in [3.05, 3.63) is 54.4 Å². The summed E-state index contributed by atoms with van der Waals surface area (Å²) in [4.78, 5) is 18.4. The smallest absolute Gasteiger partial charge is 0.227 e. The van der Waals surface area contributed by atoms with Gasteiger partial charge in [0.1, 0.15) is 5.75 Å². The lowest BCUT2D eigenvalue weighted by Crippen LogP contribution is -2.32. The van der Waals surface area contributed by atoms with Gasteiger partial charge in [0.15, 0.2) is 0 Å². The molecule has 2 heterocycles. The van der Waals surface area contributed by atoms with Gasteiger partial charge in [-0.1, -0.05) is 12.1 Å². The Kier molecular flexibility index (Phi) is 4.76. The average molecular weight is 311 g/mol. The van der Waals surface area contributed by atoms with Gasteiger partial charge in [0, 0.05) is 31.5 Å². The summed E-state index contributed by atoms with van der Waals surface area (Å²) in [6, 6.07) is 11.9. The quantitative estimate of drug-likeness (QED) is 0.921. The molecule has 1 aromatic heterocycles. The van der Waals surface area contributed by atoms with Crippen LogP contribution in [-0.2, 0) is 11.2 Å². The fourth-order valence-corrected chi connectivity index (χ4v) is 2.82. The van der Waals surface area contributed by atoms with Gasteiger partial charge in [-0.15, -0.1) is 0 Å². The molecule has 0 aliphatic carbocycles. The molecule has 1 N–H and O–H groups in total. The second kappa shape index (κ2) is 7.13. The Hall–Kier alpha value is -2.56. The number of pyridine rings is 1. The molecule has 23 heavy (non-hydrogen) atoms. The summed E-state index contributed by atoms with van der Waals surface area (Å²) < 4.78 is 5.14. The highest BCUT2D eigenvalue weighted by Crippen LogP contribution is 2.17. The third kappa shape index (κ3) is 4.00. The zero-order valence-electron chi connectivity index (χ0n) is 13.2. The fraction of sp³-hybridized carbons (Fsp3) is 0.333. The minimum atomic E-state index is 0.172. The van der Waals surface area contributed by atoms with Crippen molar-refractivity contribution in [1.82, 2.24) is 9.88 Å². The number of ether oxygens (including phenoxy) is 1. The Morgan fingerprint density at radius 3 is 2.87 bits per heavy atom. The highest BCUT2D eigenvalue weighted by Gasteiger charge is 2.26. The molecule has 120 valence electrons. The van der Waals surface area contributed by atoms with Gasteiger partial charge in [-0.25, -0.2) is 0 Å². The first-order valence-corrected chi connectivity index (χ1v) is 7.82. The highest BCUT2D eigenvalue weighted by molar-refractivity contribution is 5.79. The van der Waals surface area contributed by atoms with E-state index in [-0.39, 0.29) is 5.91 Å². The number of likely N-dealkylation sites (tertiary alicyclic amines) is 1. The topological polar surface area (TPSA) is 54.5 Å². The zero-order chi connectivity index (χ0) is 16.1. The van der Waals surface area contributed by atoms with Crippen LogP contribution in [0.4, 0.5) is 5.69 Å². The summed E-state index contributed by atoms with van der Waals surface area (Å²) in [5, 5.41) is 3.43. The van der Waals surface area contributed by atoms with Gasteiger partial charge < -0.3 is 15.0 Å². The molecule has 2 aromatic rings. The fourth-order valence-electron chi connectivity index (χ4n) is 2.82. The molecule has 0 bridgehead atoms. The summed E-state index contributed by atoms with van der Waals surface area (Å²) in [5.41, 5.74) is 2.02. The van der Waals surface area contributed by atoms with Crippen molar-refractivity contribution in [2.24, 2.45) is 0 Å². The molecule has 1 unspecified atom stereocenters. The van der Waals surface area contributed by atoms with Crippen LogP contribution in [-0.4, -0.2) is 42.0 Å². The Morgan fingerprint density at radius 1 is 1.35 bits per heavy atom. The predicted molar refractivity (Wildman–Crippen MR) is 89.5 cm³/mol. The number of nitrogens with zero attached hydrogens (tertiary/aromatic N) is 2. The van der Waals surface area contributed by atoms with Crippen LogP contribution < -0.4 is 10.1 Å². The molecule has 0 radical (unpaired) electrons. The molecule has 5 heteroatoms. The SMILES string of the molecule is COc1ccc(CC(=O)N2CCC(Nc3cccnc3)C2)cc1. The van der Waals surface area contributed by atoms with E-state index in [2.05, 4.69) is 10.3 Å². The van der Waals surface area contributed by atoms with E-state index < -0.39 is 0 Å². The third-order valence-electron chi connectivity index (χ3n) is 4.09. The molecule has 0 spiro atoms.